The summed E-state index contributed by atoms with van der Waals surface area (Å²) in [6.07, 6.45) is 4.25. The molecule has 11 nitrogen and oxygen atoms in total. The first kappa shape index (κ1) is 19.5. The Morgan fingerprint density at radius 2 is 2.17 bits per heavy atom. The van der Waals surface area contributed by atoms with E-state index in [-0.39, 0.29) is 28.8 Å². The van der Waals surface area contributed by atoms with Crippen LogP contribution in [0.2, 0.25) is 5.02 Å². The maximum Gasteiger partial charge on any atom is 0.322 e. The summed E-state index contributed by atoms with van der Waals surface area (Å²) in [6, 6.07) is 3.25. The third-order valence-corrected chi connectivity index (χ3v) is 4.82. The summed E-state index contributed by atoms with van der Waals surface area (Å²) in [6.45, 7) is -0.281. The van der Waals surface area contributed by atoms with Gasteiger partial charge in [-0.2, -0.15) is 9.90 Å². The third kappa shape index (κ3) is 3.26. The van der Waals surface area contributed by atoms with Crippen LogP contribution in [-0.4, -0.2) is 48.9 Å². The van der Waals surface area contributed by atoms with Crippen molar-refractivity contribution in [1.29, 1.82) is 0 Å². The lowest BCUT2D eigenvalue weighted by molar-refractivity contribution is -0.124. The van der Waals surface area contributed by atoms with Gasteiger partial charge in [-0.3, -0.25) is 14.9 Å². The van der Waals surface area contributed by atoms with Crippen LogP contribution in [0.3, 0.4) is 0 Å². The number of carbonyl (C=O) groups excluding carboxylic acids is 3. The SMILES string of the molecule is Cn1ccnc1C1(CNC(=O)c2cnn(-c3ccc(Cl)c(F)c3)n2)NC(=O)NC1=O. The van der Waals surface area contributed by atoms with Gasteiger partial charge in [-0.1, -0.05) is 11.6 Å². The first-order valence-corrected chi connectivity index (χ1v) is 8.95. The van der Waals surface area contributed by atoms with Crippen LogP contribution >= 0.6 is 11.6 Å². The molecule has 1 atom stereocenters. The van der Waals surface area contributed by atoms with Crippen LogP contribution in [0.15, 0.2) is 36.8 Å². The molecule has 3 heterocycles. The Balaban J connectivity index is 1.54. The Kier molecular flexibility index (Phi) is 4.70. The number of imidazole rings is 1. The number of carbonyl (C=O) groups is 3. The monoisotopic (exact) mass is 432 g/mol. The van der Waals surface area contributed by atoms with Crippen molar-refractivity contribution in [3.05, 3.63) is 59.1 Å². The summed E-state index contributed by atoms with van der Waals surface area (Å²) < 4.78 is 15.2. The van der Waals surface area contributed by atoms with Crippen molar-refractivity contribution in [2.45, 2.75) is 5.54 Å². The summed E-state index contributed by atoms with van der Waals surface area (Å²) in [5, 5.41) is 15.1. The number of hydrogen-bond acceptors (Lipinski definition) is 6. The Morgan fingerprint density at radius 3 is 2.80 bits per heavy atom. The van der Waals surface area contributed by atoms with Crippen LogP contribution in [-0.2, 0) is 17.4 Å². The molecule has 3 aromatic rings. The first-order valence-electron chi connectivity index (χ1n) is 8.57. The molecule has 3 N–H and O–H groups in total. The number of amides is 4. The van der Waals surface area contributed by atoms with E-state index < -0.39 is 29.2 Å². The fraction of sp³-hybridized carbons (Fsp3) is 0.176. The summed E-state index contributed by atoms with van der Waals surface area (Å²) >= 11 is 5.66. The minimum absolute atomic E-state index is 0.0552. The summed E-state index contributed by atoms with van der Waals surface area (Å²) in [5.74, 6) is -1.72. The first-order chi connectivity index (χ1) is 14.3. The standard InChI is InChI=1S/C17H14ClFN8O3/c1-26-5-4-20-14(26)17(15(29)23-16(30)24-17)8-21-13(28)12-7-22-27(25-12)9-2-3-10(18)11(19)6-9/h2-7H,8H2,1H3,(H,21,28)(H2,23,24,29,30). The van der Waals surface area contributed by atoms with Crippen LogP contribution in [0.5, 0.6) is 0 Å². The number of rotatable bonds is 5. The Morgan fingerprint density at radius 1 is 1.37 bits per heavy atom. The molecular formula is C17H14ClFN8O3. The number of aromatic nitrogens is 5. The molecule has 4 amide bonds. The Bertz CT molecular complexity index is 1180. The average Bonchev–Trinajstić information content (AvgIpc) is 3.42. The predicted octanol–water partition coefficient (Wildman–Crippen LogP) is 0.258. The number of halogens is 2. The molecule has 0 radical (unpaired) electrons. The van der Waals surface area contributed by atoms with E-state index in [0.717, 1.165) is 10.9 Å². The van der Waals surface area contributed by atoms with Crippen molar-refractivity contribution < 1.29 is 18.8 Å². The number of nitrogens with one attached hydrogen (secondary N) is 3. The van der Waals surface area contributed by atoms with Crippen LogP contribution in [0, 0.1) is 5.82 Å². The number of aryl methyl sites for hydroxylation is 1. The molecular weight excluding hydrogens is 419 g/mol. The van der Waals surface area contributed by atoms with Crippen molar-refractivity contribution >= 4 is 29.4 Å². The molecule has 1 aromatic carbocycles. The lowest BCUT2D eigenvalue weighted by atomic mass is 9.98. The second-order valence-corrected chi connectivity index (χ2v) is 6.88. The number of urea groups is 1. The molecule has 13 heteroatoms. The molecule has 1 aliphatic rings. The molecule has 1 saturated heterocycles. The zero-order valence-electron chi connectivity index (χ0n) is 15.4. The summed E-state index contributed by atoms with van der Waals surface area (Å²) in [5.41, 5.74) is -1.40. The number of hydrogen-bond donors (Lipinski definition) is 3. The predicted molar refractivity (Wildman–Crippen MR) is 100 cm³/mol. The minimum Gasteiger partial charge on any atom is -0.347 e. The van der Waals surface area contributed by atoms with Gasteiger partial charge in [0.15, 0.2) is 11.2 Å². The minimum atomic E-state index is -1.58. The van der Waals surface area contributed by atoms with E-state index in [1.807, 2.05) is 0 Å². The van der Waals surface area contributed by atoms with E-state index in [0.29, 0.717) is 0 Å². The van der Waals surface area contributed by atoms with Gasteiger partial charge < -0.3 is 15.2 Å². The van der Waals surface area contributed by atoms with Crippen molar-refractivity contribution in [2.24, 2.45) is 7.05 Å². The molecule has 0 spiro atoms. The molecule has 4 rings (SSSR count). The van der Waals surface area contributed by atoms with E-state index in [1.165, 1.54) is 24.5 Å². The highest BCUT2D eigenvalue weighted by atomic mass is 35.5. The summed E-state index contributed by atoms with van der Waals surface area (Å²) in [4.78, 5) is 42.0. The molecule has 1 fully saturated rings. The largest absolute Gasteiger partial charge is 0.347 e. The van der Waals surface area contributed by atoms with Crippen molar-refractivity contribution in [3.8, 4) is 5.69 Å². The number of nitrogens with zero attached hydrogens (tertiary/aromatic N) is 5. The number of imide groups is 1. The molecule has 1 aliphatic heterocycles. The van der Waals surface area contributed by atoms with Crippen molar-refractivity contribution in [1.82, 2.24) is 40.5 Å². The average molecular weight is 433 g/mol. The summed E-state index contributed by atoms with van der Waals surface area (Å²) in [7, 11) is 1.65. The van der Waals surface area contributed by atoms with Crippen LogP contribution in [0.1, 0.15) is 16.3 Å². The van der Waals surface area contributed by atoms with Gasteiger partial charge in [0, 0.05) is 25.5 Å². The second-order valence-electron chi connectivity index (χ2n) is 6.48. The zero-order chi connectivity index (χ0) is 21.5. The van der Waals surface area contributed by atoms with E-state index in [1.54, 1.807) is 17.8 Å². The van der Waals surface area contributed by atoms with Crippen molar-refractivity contribution in [2.75, 3.05) is 6.54 Å². The van der Waals surface area contributed by atoms with E-state index in [9.17, 15) is 18.8 Å². The third-order valence-electron chi connectivity index (χ3n) is 4.52. The maximum absolute atomic E-state index is 13.6. The van der Waals surface area contributed by atoms with Gasteiger partial charge in [-0.15, -0.1) is 5.10 Å². The van der Waals surface area contributed by atoms with Gasteiger partial charge in [0.2, 0.25) is 0 Å². The van der Waals surface area contributed by atoms with Crippen molar-refractivity contribution in [3.63, 3.8) is 0 Å². The molecule has 0 aliphatic carbocycles. The normalized spacial score (nSPS) is 18.2. The van der Waals surface area contributed by atoms with E-state index in [4.69, 9.17) is 11.6 Å². The molecule has 154 valence electrons. The topological polar surface area (TPSA) is 136 Å². The maximum atomic E-state index is 13.6. The highest BCUT2D eigenvalue weighted by molar-refractivity contribution is 6.30. The van der Waals surface area contributed by atoms with Gasteiger partial charge >= 0.3 is 6.03 Å². The van der Waals surface area contributed by atoms with Gasteiger partial charge in [-0.25, -0.2) is 14.2 Å². The Hall–Kier alpha value is -3.80. The Labute approximate surface area is 173 Å². The van der Waals surface area contributed by atoms with Crippen LogP contribution < -0.4 is 16.0 Å². The van der Waals surface area contributed by atoms with E-state index >= 15 is 0 Å². The van der Waals surface area contributed by atoms with Gasteiger partial charge in [0.1, 0.15) is 11.6 Å². The highest BCUT2D eigenvalue weighted by Gasteiger charge is 2.50. The van der Waals surface area contributed by atoms with E-state index in [2.05, 4.69) is 31.1 Å². The van der Waals surface area contributed by atoms with Gasteiger partial charge in [-0.05, 0) is 12.1 Å². The quantitative estimate of drug-likeness (QED) is 0.495. The second kappa shape index (κ2) is 7.22. The molecule has 0 saturated carbocycles. The fourth-order valence-corrected chi connectivity index (χ4v) is 3.15. The number of benzene rings is 1. The lowest BCUT2D eigenvalue weighted by Gasteiger charge is -2.25. The molecule has 0 bridgehead atoms. The fourth-order valence-electron chi connectivity index (χ4n) is 3.03. The zero-order valence-corrected chi connectivity index (χ0v) is 16.1. The smallest absolute Gasteiger partial charge is 0.322 e. The lowest BCUT2D eigenvalue weighted by Crippen LogP contribution is -2.54. The van der Waals surface area contributed by atoms with Crippen LogP contribution in [0.4, 0.5) is 9.18 Å². The van der Waals surface area contributed by atoms with Gasteiger partial charge in [0.25, 0.3) is 11.8 Å². The molecule has 2 aromatic heterocycles. The molecule has 1 unspecified atom stereocenters. The highest BCUT2D eigenvalue weighted by Crippen LogP contribution is 2.23. The van der Waals surface area contributed by atoms with Gasteiger partial charge in [0.05, 0.1) is 23.5 Å². The van der Waals surface area contributed by atoms with Crippen LogP contribution in [0.25, 0.3) is 5.69 Å². The molecule has 30 heavy (non-hydrogen) atoms.